The van der Waals surface area contributed by atoms with Gasteiger partial charge in [-0.3, -0.25) is 0 Å². The van der Waals surface area contributed by atoms with Gasteiger partial charge in [0.05, 0.1) is 11.1 Å². The predicted octanol–water partition coefficient (Wildman–Crippen LogP) is 3.62. The van der Waals surface area contributed by atoms with Crippen LogP contribution in [0.2, 0.25) is 0 Å². The third-order valence-corrected chi connectivity index (χ3v) is 5.76. The lowest BCUT2D eigenvalue weighted by atomic mass is 10.1. The van der Waals surface area contributed by atoms with Crippen LogP contribution < -0.4 is 15.0 Å². The van der Waals surface area contributed by atoms with Crippen LogP contribution in [0.3, 0.4) is 0 Å². The molecule has 0 bridgehead atoms. The molecule has 0 fully saturated rings. The number of aromatic nitrogens is 3. The molecule has 0 radical (unpaired) electrons. The fraction of sp³-hybridized carbons (Fsp3) is 0.263. The van der Waals surface area contributed by atoms with Gasteiger partial charge in [0.25, 0.3) is 0 Å². The summed E-state index contributed by atoms with van der Waals surface area (Å²) in [4.78, 5) is 15.6. The second-order valence-electron chi connectivity index (χ2n) is 6.41. The molecule has 7 heteroatoms. The summed E-state index contributed by atoms with van der Waals surface area (Å²) >= 11 is 1.87. The quantitative estimate of drug-likeness (QED) is 0.723. The van der Waals surface area contributed by atoms with Gasteiger partial charge in [-0.2, -0.15) is 0 Å². The zero-order valence-corrected chi connectivity index (χ0v) is 15.3. The van der Waals surface area contributed by atoms with Gasteiger partial charge in [-0.05, 0) is 30.2 Å². The van der Waals surface area contributed by atoms with E-state index in [-0.39, 0.29) is 0 Å². The molecule has 3 aromatic rings. The maximum Gasteiger partial charge on any atom is 0.145 e. The molecular formula is C19H19N5OS. The van der Waals surface area contributed by atoms with Crippen LogP contribution in [0.15, 0.2) is 36.9 Å². The number of benzene rings is 1. The van der Waals surface area contributed by atoms with Crippen molar-refractivity contribution in [3.05, 3.63) is 48.1 Å². The Hall–Kier alpha value is -2.67. The Balaban J connectivity index is 1.55. The number of ether oxygens (including phenoxy) is 1. The van der Waals surface area contributed by atoms with Crippen molar-refractivity contribution < 1.29 is 4.74 Å². The molecule has 2 N–H and O–H groups in total. The van der Waals surface area contributed by atoms with E-state index in [4.69, 9.17) is 4.74 Å². The Morgan fingerprint density at radius 1 is 1.27 bits per heavy atom. The molecule has 0 amide bonds. The lowest BCUT2D eigenvalue weighted by Gasteiger charge is -2.27. The number of nitrogens with zero attached hydrogens (tertiary/aromatic N) is 3. The molecule has 0 aliphatic carbocycles. The van der Waals surface area contributed by atoms with E-state index in [1.807, 2.05) is 18.0 Å². The summed E-state index contributed by atoms with van der Waals surface area (Å²) in [6, 6.07) is 6.38. The Kier molecular flexibility index (Phi) is 3.74. The number of aryl methyl sites for hydroxylation is 1. The molecule has 26 heavy (non-hydrogen) atoms. The van der Waals surface area contributed by atoms with Gasteiger partial charge in [-0.25, -0.2) is 9.97 Å². The normalized spacial score (nSPS) is 16.7. The van der Waals surface area contributed by atoms with E-state index in [0.29, 0.717) is 6.61 Å². The van der Waals surface area contributed by atoms with E-state index in [2.05, 4.69) is 56.5 Å². The summed E-state index contributed by atoms with van der Waals surface area (Å²) in [5.74, 6) is 2.90. The minimum absolute atomic E-state index is 0.709. The van der Waals surface area contributed by atoms with Crippen molar-refractivity contribution in [2.75, 3.05) is 35.7 Å². The predicted molar refractivity (Wildman–Crippen MR) is 107 cm³/mol. The molecule has 0 unspecified atom stereocenters. The number of hydrogen-bond acceptors (Lipinski definition) is 6. The number of hydrogen-bond donors (Lipinski definition) is 2. The molecular weight excluding hydrogens is 346 g/mol. The highest BCUT2D eigenvalue weighted by molar-refractivity contribution is 8.08. The summed E-state index contributed by atoms with van der Waals surface area (Å²) in [6.07, 6.45) is 5.81. The van der Waals surface area contributed by atoms with E-state index in [9.17, 15) is 0 Å². The van der Waals surface area contributed by atoms with Crippen LogP contribution in [-0.4, -0.2) is 40.4 Å². The lowest BCUT2D eigenvalue weighted by Crippen LogP contribution is -2.24. The average Bonchev–Trinajstić information content (AvgIpc) is 3.09. The number of thioether (sulfide) groups is 1. The Morgan fingerprint density at radius 2 is 2.23 bits per heavy atom. The van der Waals surface area contributed by atoms with Crippen molar-refractivity contribution in [2.24, 2.45) is 0 Å². The molecule has 2 aliphatic heterocycles. The third-order valence-electron chi connectivity index (χ3n) is 4.72. The van der Waals surface area contributed by atoms with Gasteiger partial charge < -0.3 is 19.9 Å². The molecule has 2 aliphatic rings. The van der Waals surface area contributed by atoms with Gasteiger partial charge in [0.1, 0.15) is 30.1 Å². The van der Waals surface area contributed by atoms with Gasteiger partial charge in [0, 0.05) is 36.1 Å². The first-order chi connectivity index (χ1) is 12.8. The molecule has 6 nitrogen and oxygen atoms in total. The lowest BCUT2D eigenvalue weighted by molar-refractivity contribution is 0.323. The molecule has 0 spiro atoms. The molecule has 5 rings (SSSR count). The van der Waals surface area contributed by atoms with Crippen LogP contribution in [0.4, 0.5) is 11.5 Å². The van der Waals surface area contributed by atoms with E-state index in [0.717, 1.165) is 52.7 Å². The Labute approximate surface area is 155 Å². The first kappa shape index (κ1) is 15.6. The van der Waals surface area contributed by atoms with Crippen LogP contribution in [-0.2, 0) is 0 Å². The molecule has 0 atom stereocenters. The maximum atomic E-state index is 5.79. The fourth-order valence-electron chi connectivity index (χ4n) is 3.43. The minimum Gasteiger partial charge on any atom is -0.490 e. The number of aromatic amines is 1. The zero-order valence-electron chi connectivity index (χ0n) is 14.5. The van der Waals surface area contributed by atoms with Gasteiger partial charge in [0.2, 0.25) is 0 Å². The van der Waals surface area contributed by atoms with Crippen LogP contribution in [0.5, 0.6) is 5.75 Å². The number of fused-ring (bicyclic) bond motifs is 2. The molecule has 1 aromatic carbocycles. The largest absolute Gasteiger partial charge is 0.490 e. The smallest absolute Gasteiger partial charge is 0.145 e. The van der Waals surface area contributed by atoms with Crippen LogP contribution in [0.25, 0.3) is 15.9 Å². The summed E-state index contributed by atoms with van der Waals surface area (Å²) < 4.78 is 5.79. The topological polar surface area (TPSA) is 66.1 Å². The van der Waals surface area contributed by atoms with E-state index in [1.54, 1.807) is 6.33 Å². The SMILES string of the molecule is Cc1c[nH]c2ncnc(N3C=C(c4ccc5c(c4)OCCN5)SCC3)c12. The van der Waals surface area contributed by atoms with Crippen LogP contribution >= 0.6 is 11.8 Å². The van der Waals surface area contributed by atoms with E-state index < -0.39 is 0 Å². The standard InChI is InChI=1S/C19H19N5OS/c1-12-9-21-18-17(12)19(23-11-22-18)24-5-7-26-16(10-24)13-2-3-14-15(8-13)25-6-4-20-14/h2-3,8-11,20H,4-7H2,1H3,(H,21,22,23). The molecule has 4 heterocycles. The molecule has 0 saturated heterocycles. The maximum absolute atomic E-state index is 5.79. The Bertz CT molecular complexity index is 1010. The number of nitrogens with one attached hydrogen (secondary N) is 2. The zero-order chi connectivity index (χ0) is 17.5. The highest BCUT2D eigenvalue weighted by Crippen LogP contribution is 2.38. The third kappa shape index (κ3) is 2.59. The number of H-pyrrole nitrogens is 1. The van der Waals surface area contributed by atoms with Gasteiger partial charge >= 0.3 is 0 Å². The summed E-state index contributed by atoms with van der Waals surface area (Å²) in [7, 11) is 0. The number of rotatable bonds is 2. The van der Waals surface area contributed by atoms with Crippen molar-refractivity contribution in [2.45, 2.75) is 6.92 Å². The van der Waals surface area contributed by atoms with E-state index >= 15 is 0 Å². The minimum atomic E-state index is 0.709. The van der Waals surface area contributed by atoms with E-state index in [1.165, 1.54) is 10.5 Å². The first-order valence-corrected chi connectivity index (χ1v) is 9.69. The summed E-state index contributed by atoms with van der Waals surface area (Å²) in [5, 5.41) is 4.46. The van der Waals surface area contributed by atoms with Crippen molar-refractivity contribution in [1.82, 2.24) is 15.0 Å². The van der Waals surface area contributed by atoms with Crippen molar-refractivity contribution in [3.8, 4) is 5.75 Å². The first-order valence-electron chi connectivity index (χ1n) is 8.70. The molecule has 132 valence electrons. The van der Waals surface area contributed by atoms with Crippen molar-refractivity contribution in [1.29, 1.82) is 0 Å². The summed E-state index contributed by atoms with van der Waals surface area (Å²) in [6.45, 7) is 4.58. The van der Waals surface area contributed by atoms with Crippen molar-refractivity contribution in [3.63, 3.8) is 0 Å². The van der Waals surface area contributed by atoms with Crippen LogP contribution in [0, 0.1) is 6.92 Å². The Morgan fingerprint density at radius 3 is 3.19 bits per heavy atom. The number of anilines is 2. The van der Waals surface area contributed by atoms with Gasteiger partial charge in [-0.15, -0.1) is 11.8 Å². The van der Waals surface area contributed by atoms with Crippen molar-refractivity contribution >= 4 is 39.2 Å². The van der Waals surface area contributed by atoms with Crippen LogP contribution in [0.1, 0.15) is 11.1 Å². The highest BCUT2D eigenvalue weighted by atomic mass is 32.2. The average molecular weight is 365 g/mol. The second-order valence-corrected chi connectivity index (χ2v) is 7.55. The molecule has 2 aromatic heterocycles. The second kappa shape index (κ2) is 6.25. The highest BCUT2D eigenvalue weighted by Gasteiger charge is 2.20. The summed E-state index contributed by atoms with van der Waals surface area (Å²) in [5.41, 5.74) is 4.29. The molecule has 0 saturated carbocycles. The van der Waals surface area contributed by atoms with Gasteiger partial charge in [-0.1, -0.05) is 6.07 Å². The monoisotopic (exact) mass is 365 g/mol. The van der Waals surface area contributed by atoms with Gasteiger partial charge in [0.15, 0.2) is 0 Å². The fourth-order valence-corrected chi connectivity index (χ4v) is 4.43.